The van der Waals surface area contributed by atoms with Gasteiger partial charge in [-0.3, -0.25) is 0 Å². The third-order valence-electron chi connectivity index (χ3n) is 3.53. The van der Waals surface area contributed by atoms with E-state index in [1.807, 2.05) is 11.8 Å². The molecule has 1 aliphatic heterocycles. The van der Waals surface area contributed by atoms with Crippen LogP contribution in [0.1, 0.15) is 18.2 Å². The van der Waals surface area contributed by atoms with E-state index in [0.29, 0.717) is 11.3 Å². The minimum absolute atomic E-state index is 0.351. The van der Waals surface area contributed by atoms with E-state index in [-0.39, 0.29) is 0 Å². The second kappa shape index (κ2) is 5.46. The van der Waals surface area contributed by atoms with Crippen molar-refractivity contribution in [2.75, 3.05) is 23.5 Å². The van der Waals surface area contributed by atoms with Gasteiger partial charge in [0.05, 0.1) is 5.39 Å². The lowest BCUT2D eigenvalue weighted by atomic mass is 10.2. The Morgan fingerprint density at radius 3 is 3.00 bits per heavy atom. The standard InChI is InChI=1S/C13H16ClN3S2/c1-3-9-6-10-11(15-13(14)16-12(10)19-9)17(2)8-4-5-18-7-8/h6,8H,3-5,7H2,1-2H3. The number of aryl methyl sites for hydroxylation is 1. The first kappa shape index (κ1) is 13.5. The summed E-state index contributed by atoms with van der Waals surface area (Å²) in [7, 11) is 2.12. The fourth-order valence-electron chi connectivity index (χ4n) is 2.37. The highest BCUT2D eigenvalue weighted by Crippen LogP contribution is 2.34. The van der Waals surface area contributed by atoms with Gasteiger partial charge in [-0.15, -0.1) is 11.3 Å². The largest absolute Gasteiger partial charge is 0.355 e. The van der Waals surface area contributed by atoms with Crippen LogP contribution < -0.4 is 4.90 Å². The van der Waals surface area contributed by atoms with Crippen molar-refractivity contribution >= 4 is 50.7 Å². The van der Waals surface area contributed by atoms with E-state index in [9.17, 15) is 0 Å². The first-order valence-corrected chi connectivity index (χ1v) is 8.80. The van der Waals surface area contributed by atoms with Gasteiger partial charge in [0.25, 0.3) is 0 Å². The molecule has 2 aromatic rings. The Kier molecular flexibility index (Phi) is 3.87. The van der Waals surface area contributed by atoms with Gasteiger partial charge in [0.15, 0.2) is 0 Å². The zero-order valence-electron chi connectivity index (χ0n) is 11.0. The molecule has 0 aliphatic carbocycles. The fraction of sp³-hybridized carbons (Fsp3) is 0.538. The van der Waals surface area contributed by atoms with Crippen LogP contribution in [0, 0.1) is 0 Å². The number of fused-ring (bicyclic) bond motifs is 1. The molecule has 102 valence electrons. The number of hydrogen-bond acceptors (Lipinski definition) is 5. The quantitative estimate of drug-likeness (QED) is 0.805. The van der Waals surface area contributed by atoms with Crippen molar-refractivity contribution in [1.29, 1.82) is 0 Å². The average molecular weight is 314 g/mol. The number of halogens is 1. The Hall–Kier alpha value is -0.520. The summed E-state index contributed by atoms with van der Waals surface area (Å²) in [5.41, 5.74) is 0. The van der Waals surface area contributed by atoms with Crippen molar-refractivity contribution in [3.05, 3.63) is 16.2 Å². The van der Waals surface area contributed by atoms with Gasteiger partial charge >= 0.3 is 0 Å². The lowest BCUT2D eigenvalue weighted by Gasteiger charge is -2.25. The summed E-state index contributed by atoms with van der Waals surface area (Å²) in [6.07, 6.45) is 2.25. The van der Waals surface area contributed by atoms with Crippen molar-refractivity contribution in [3.8, 4) is 0 Å². The minimum Gasteiger partial charge on any atom is -0.355 e. The van der Waals surface area contributed by atoms with Crippen LogP contribution in [0.4, 0.5) is 5.82 Å². The van der Waals surface area contributed by atoms with Crippen molar-refractivity contribution in [2.24, 2.45) is 0 Å². The molecule has 1 saturated heterocycles. The van der Waals surface area contributed by atoms with Crippen molar-refractivity contribution in [2.45, 2.75) is 25.8 Å². The van der Waals surface area contributed by atoms with Crippen LogP contribution in [0.3, 0.4) is 0 Å². The number of hydrogen-bond donors (Lipinski definition) is 0. The maximum atomic E-state index is 6.08. The van der Waals surface area contributed by atoms with Gasteiger partial charge in [0, 0.05) is 23.7 Å². The summed E-state index contributed by atoms with van der Waals surface area (Å²) in [6.45, 7) is 2.16. The Bertz CT molecular complexity index is 593. The predicted molar refractivity (Wildman–Crippen MR) is 85.9 cm³/mol. The van der Waals surface area contributed by atoms with Gasteiger partial charge in [-0.05, 0) is 36.3 Å². The minimum atomic E-state index is 0.351. The molecule has 6 heteroatoms. The highest BCUT2D eigenvalue weighted by atomic mass is 35.5. The van der Waals surface area contributed by atoms with Crippen molar-refractivity contribution in [3.63, 3.8) is 0 Å². The molecule has 1 unspecified atom stereocenters. The zero-order valence-corrected chi connectivity index (χ0v) is 13.4. The summed E-state index contributed by atoms with van der Waals surface area (Å²) < 4.78 is 0. The topological polar surface area (TPSA) is 29.0 Å². The number of nitrogens with zero attached hydrogens (tertiary/aromatic N) is 3. The molecule has 0 N–H and O–H groups in total. The molecule has 1 aliphatic rings. The third-order valence-corrected chi connectivity index (χ3v) is 6.02. The van der Waals surface area contributed by atoms with Crippen molar-refractivity contribution < 1.29 is 0 Å². The molecular formula is C13H16ClN3S2. The molecule has 2 aromatic heterocycles. The lowest BCUT2D eigenvalue weighted by molar-refractivity contribution is 0.693. The molecule has 3 nitrogen and oxygen atoms in total. The van der Waals surface area contributed by atoms with Crippen LogP contribution in [-0.4, -0.2) is 34.6 Å². The normalized spacial score (nSPS) is 19.2. The number of anilines is 1. The van der Waals surface area contributed by atoms with Gasteiger partial charge < -0.3 is 4.90 Å². The summed E-state index contributed by atoms with van der Waals surface area (Å²) in [5, 5.41) is 1.50. The van der Waals surface area contributed by atoms with Crippen LogP contribution in [0.25, 0.3) is 10.2 Å². The predicted octanol–water partition coefficient (Wildman–Crippen LogP) is 3.85. The van der Waals surface area contributed by atoms with Crippen LogP contribution in [-0.2, 0) is 6.42 Å². The molecule has 0 bridgehead atoms. The summed E-state index contributed by atoms with van der Waals surface area (Å²) in [5.74, 6) is 3.39. The monoisotopic (exact) mass is 313 g/mol. The Labute approximate surface area is 126 Å². The smallest absolute Gasteiger partial charge is 0.225 e. The molecule has 0 amide bonds. The van der Waals surface area contributed by atoms with Gasteiger partial charge in [-0.2, -0.15) is 16.7 Å². The van der Waals surface area contributed by atoms with Gasteiger partial charge in [-0.25, -0.2) is 4.98 Å². The summed E-state index contributed by atoms with van der Waals surface area (Å²) in [4.78, 5) is 13.4. The maximum Gasteiger partial charge on any atom is 0.225 e. The molecule has 3 heterocycles. The van der Waals surface area contributed by atoms with Gasteiger partial charge in [-0.1, -0.05) is 6.92 Å². The number of rotatable bonds is 3. The summed E-state index contributed by atoms with van der Waals surface area (Å²) in [6, 6.07) is 2.77. The fourth-order valence-corrected chi connectivity index (χ4v) is 4.82. The number of thiophene rings is 1. The SMILES string of the molecule is CCc1cc2c(N(C)C3CCSC3)nc(Cl)nc2s1. The maximum absolute atomic E-state index is 6.08. The molecule has 0 radical (unpaired) electrons. The zero-order chi connectivity index (χ0) is 13.4. The van der Waals surface area contributed by atoms with E-state index >= 15 is 0 Å². The number of aromatic nitrogens is 2. The second-order valence-electron chi connectivity index (χ2n) is 4.73. The molecule has 3 rings (SSSR count). The second-order valence-corrected chi connectivity index (χ2v) is 7.33. The third kappa shape index (κ3) is 2.56. The van der Waals surface area contributed by atoms with E-state index in [2.05, 4.69) is 34.9 Å². The highest BCUT2D eigenvalue weighted by molar-refractivity contribution is 7.99. The van der Waals surface area contributed by atoms with E-state index < -0.39 is 0 Å². The molecule has 1 atom stereocenters. The van der Waals surface area contributed by atoms with E-state index in [1.54, 1.807) is 11.3 Å². The van der Waals surface area contributed by atoms with E-state index in [0.717, 1.165) is 22.5 Å². The van der Waals surface area contributed by atoms with Crippen LogP contribution >= 0.6 is 34.7 Å². The van der Waals surface area contributed by atoms with E-state index in [4.69, 9.17) is 11.6 Å². The highest BCUT2D eigenvalue weighted by Gasteiger charge is 2.23. The lowest BCUT2D eigenvalue weighted by Crippen LogP contribution is -2.32. The van der Waals surface area contributed by atoms with Crippen LogP contribution in [0.15, 0.2) is 6.07 Å². The first-order valence-electron chi connectivity index (χ1n) is 6.45. The number of thioether (sulfide) groups is 1. The molecular weight excluding hydrogens is 298 g/mol. The Morgan fingerprint density at radius 1 is 1.47 bits per heavy atom. The van der Waals surface area contributed by atoms with Gasteiger partial charge in [0.2, 0.25) is 5.28 Å². The molecule has 1 fully saturated rings. The molecule has 0 spiro atoms. The van der Waals surface area contributed by atoms with Crippen molar-refractivity contribution in [1.82, 2.24) is 9.97 Å². The first-order chi connectivity index (χ1) is 9.19. The van der Waals surface area contributed by atoms with Crippen LogP contribution in [0.2, 0.25) is 5.28 Å². The summed E-state index contributed by atoms with van der Waals surface area (Å²) >= 11 is 9.81. The van der Waals surface area contributed by atoms with Gasteiger partial charge in [0.1, 0.15) is 10.6 Å². The van der Waals surface area contributed by atoms with Crippen LogP contribution in [0.5, 0.6) is 0 Å². The van der Waals surface area contributed by atoms with E-state index in [1.165, 1.54) is 22.8 Å². The Balaban J connectivity index is 2.07. The Morgan fingerprint density at radius 2 is 2.32 bits per heavy atom. The average Bonchev–Trinajstić information content (AvgIpc) is 3.05. The molecule has 0 aromatic carbocycles. The molecule has 0 saturated carbocycles. The molecule has 19 heavy (non-hydrogen) atoms.